The first-order chi connectivity index (χ1) is 16.1. The average molecular weight is 447 g/mol. The quantitative estimate of drug-likeness (QED) is 0.185. The molecule has 0 fully saturated rings. The molecule has 3 aromatic rings. The third kappa shape index (κ3) is 7.40. The van der Waals surface area contributed by atoms with E-state index in [1.54, 1.807) is 54.6 Å². The van der Waals surface area contributed by atoms with E-state index in [-0.39, 0.29) is 19.0 Å². The number of nitrogens with zero attached hydrogens (tertiary/aromatic N) is 1. The van der Waals surface area contributed by atoms with Crippen molar-refractivity contribution in [2.45, 2.75) is 6.92 Å². The molecule has 0 bridgehead atoms. The van der Waals surface area contributed by atoms with Crippen molar-refractivity contribution in [3.63, 3.8) is 0 Å². The Morgan fingerprint density at radius 1 is 0.939 bits per heavy atom. The minimum atomic E-state index is -0.568. The molecule has 0 amide bonds. The lowest BCUT2D eigenvalue weighted by atomic mass is 10.2. The van der Waals surface area contributed by atoms with Crippen LogP contribution in [0.4, 0.5) is 4.39 Å². The summed E-state index contributed by atoms with van der Waals surface area (Å²) in [5.74, 6) is 1.02. The molecule has 3 rings (SSSR count). The second-order valence-corrected chi connectivity index (χ2v) is 6.68. The molecule has 168 valence electrons. The number of rotatable bonds is 10. The van der Waals surface area contributed by atoms with Gasteiger partial charge in [-0.1, -0.05) is 12.1 Å². The number of carbonyl (C=O) groups is 1. The fourth-order valence-electron chi connectivity index (χ4n) is 2.80. The first-order valence-electron chi connectivity index (χ1n) is 10.3. The number of nitriles is 1. The first-order valence-corrected chi connectivity index (χ1v) is 10.3. The van der Waals surface area contributed by atoms with E-state index in [1.807, 2.05) is 13.0 Å². The SMILES string of the molecule is CCOc1cc(C=CC(=O)Oc2cccc(C#N)c2)ccc1OCCOc1ccc(F)cc1. The minimum absolute atomic E-state index is 0.265. The van der Waals surface area contributed by atoms with Crippen LogP contribution in [0.25, 0.3) is 6.08 Å². The second kappa shape index (κ2) is 11.9. The number of ether oxygens (including phenoxy) is 4. The van der Waals surface area contributed by atoms with Gasteiger partial charge in [-0.2, -0.15) is 5.26 Å². The van der Waals surface area contributed by atoms with E-state index < -0.39 is 5.97 Å². The Labute approximate surface area is 191 Å². The fourth-order valence-corrected chi connectivity index (χ4v) is 2.80. The van der Waals surface area contributed by atoms with Gasteiger partial charge < -0.3 is 18.9 Å². The monoisotopic (exact) mass is 447 g/mol. The highest BCUT2D eigenvalue weighted by molar-refractivity contribution is 5.88. The summed E-state index contributed by atoms with van der Waals surface area (Å²) in [4.78, 5) is 12.1. The van der Waals surface area contributed by atoms with Crippen LogP contribution in [-0.4, -0.2) is 25.8 Å². The highest BCUT2D eigenvalue weighted by Gasteiger charge is 2.07. The first kappa shape index (κ1) is 23.4. The molecule has 0 heterocycles. The predicted octanol–water partition coefficient (Wildman–Crippen LogP) is 5.17. The van der Waals surface area contributed by atoms with Crippen LogP contribution in [0, 0.1) is 17.1 Å². The Kier molecular flexibility index (Phi) is 8.43. The maximum atomic E-state index is 12.9. The Bertz CT molecular complexity index is 1150. The maximum absolute atomic E-state index is 12.9. The van der Waals surface area contributed by atoms with Crippen molar-refractivity contribution in [2.75, 3.05) is 19.8 Å². The Morgan fingerprint density at radius 2 is 1.73 bits per heavy atom. The predicted molar refractivity (Wildman–Crippen MR) is 121 cm³/mol. The van der Waals surface area contributed by atoms with Gasteiger partial charge in [0.1, 0.15) is 30.5 Å². The van der Waals surface area contributed by atoms with Crippen LogP contribution in [0.15, 0.2) is 72.8 Å². The van der Waals surface area contributed by atoms with Crippen molar-refractivity contribution in [1.82, 2.24) is 0 Å². The highest BCUT2D eigenvalue weighted by atomic mass is 19.1. The van der Waals surface area contributed by atoms with Crippen LogP contribution >= 0.6 is 0 Å². The molecule has 7 heteroatoms. The van der Waals surface area contributed by atoms with E-state index in [0.717, 1.165) is 5.56 Å². The summed E-state index contributed by atoms with van der Waals surface area (Å²) in [6.07, 6.45) is 2.89. The molecule has 33 heavy (non-hydrogen) atoms. The zero-order valence-corrected chi connectivity index (χ0v) is 18.0. The van der Waals surface area contributed by atoms with E-state index in [0.29, 0.717) is 35.2 Å². The lowest BCUT2D eigenvalue weighted by Gasteiger charge is -2.13. The van der Waals surface area contributed by atoms with Crippen molar-refractivity contribution >= 4 is 12.0 Å². The molecule has 0 spiro atoms. The van der Waals surface area contributed by atoms with Crippen molar-refractivity contribution in [2.24, 2.45) is 0 Å². The molecule has 0 aromatic heterocycles. The van der Waals surface area contributed by atoms with E-state index in [2.05, 4.69) is 0 Å². The molecule has 0 saturated carbocycles. The van der Waals surface area contributed by atoms with Crippen LogP contribution in [0.1, 0.15) is 18.1 Å². The minimum Gasteiger partial charge on any atom is -0.490 e. The molecule has 0 aliphatic carbocycles. The molecule has 0 aliphatic rings. The number of hydrogen-bond acceptors (Lipinski definition) is 6. The third-order valence-electron chi connectivity index (χ3n) is 4.28. The molecule has 0 radical (unpaired) electrons. The normalized spacial score (nSPS) is 10.5. The lowest BCUT2D eigenvalue weighted by Crippen LogP contribution is -2.10. The maximum Gasteiger partial charge on any atom is 0.336 e. The van der Waals surface area contributed by atoms with Crippen molar-refractivity contribution < 1.29 is 28.1 Å². The summed E-state index contributed by atoms with van der Waals surface area (Å²) in [7, 11) is 0. The number of esters is 1. The fraction of sp³-hybridized carbons (Fsp3) is 0.154. The van der Waals surface area contributed by atoms with Gasteiger partial charge in [-0.05, 0) is 73.2 Å². The Balaban J connectivity index is 1.57. The zero-order chi connectivity index (χ0) is 23.5. The van der Waals surface area contributed by atoms with Gasteiger partial charge in [0.05, 0.1) is 18.2 Å². The summed E-state index contributed by atoms with van der Waals surface area (Å²) in [5.41, 5.74) is 1.13. The largest absolute Gasteiger partial charge is 0.490 e. The molecule has 0 aliphatic heterocycles. The zero-order valence-electron chi connectivity index (χ0n) is 18.0. The molecular weight excluding hydrogens is 425 g/mol. The molecule has 0 N–H and O–H groups in total. The number of benzene rings is 3. The van der Waals surface area contributed by atoms with Gasteiger partial charge >= 0.3 is 5.97 Å². The van der Waals surface area contributed by atoms with Gasteiger partial charge in [0.2, 0.25) is 0 Å². The summed E-state index contributed by atoms with van der Waals surface area (Å²) >= 11 is 0. The molecule has 6 nitrogen and oxygen atoms in total. The number of halogens is 1. The van der Waals surface area contributed by atoms with Crippen LogP contribution in [-0.2, 0) is 4.79 Å². The third-order valence-corrected chi connectivity index (χ3v) is 4.28. The molecule has 0 unspecified atom stereocenters. The molecule has 3 aromatic carbocycles. The Morgan fingerprint density at radius 3 is 2.48 bits per heavy atom. The van der Waals surface area contributed by atoms with Gasteiger partial charge in [0, 0.05) is 6.08 Å². The van der Waals surface area contributed by atoms with Crippen molar-refractivity contribution in [3.8, 4) is 29.1 Å². The van der Waals surface area contributed by atoms with E-state index in [1.165, 1.54) is 24.3 Å². The lowest BCUT2D eigenvalue weighted by molar-refractivity contribution is -0.128. The molecule has 0 saturated heterocycles. The smallest absolute Gasteiger partial charge is 0.336 e. The van der Waals surface area contributed by atoms with Gasteiger partial charge in [-0.15, -0.1) is 0 Å². The van der Waals surface area contributed by atoms with Crippen molar-refractivity contribution in [3.05, 3.63) is 89.8 Å². The van der Waals surface area contributed by atoms with E-state index in [9.17, 15) is 9.18 Å². The highest BCUT2D eigenvalue weighted by Crippen LogP contribution is 2.29. The topological polar surface area (TPSA) is 77.8 Å². The summed E-state index contributed by atoms with van der Waals surface area (Å²) in [6, 6.07) is 19.4. The van der Waals surface area contributed by atoms with E-state index in [4.69, 9.17) is 24.2 Å². The number of carbonyl (C=O) groups excluding carboxylic acids is 1. The van der Waals surface area contributed by atoms with Crippen LogP contribution < -0.4 is 18.9 Å². The summed E-state index contributed by atoms with van der Waals surface area (Å²) in [6.45, 7) is 2.84. The second-order valence-electron chi connectivity index (χ2n) is 6.68. The summed E-state index contributed by atoms with van der Waals surface area (Å²) in [5, 5.41) is 8.92. The van der Waals surface area contributed by atoms with Gasteiger partial charge in [-0.3, -0.25) is 0 Å². The van der Waals surface area contributed by atoms with E-state index >= 15 is 0 Å². The van der Waals surface area contributed by atoms with Crippen LogP contribution in [0.3, 0.4) is 0 Å². The van der Waals surface area contributed by atoms with Crippen LogP contribution in [0.5, 0.6) is 23.0 Å². The van der Waals surface area contributed by atoms with Crippen LogP contribution in [0.2, 0.25) is 0 Å². The number of hydrogen-bond donors (Lipinski definition) is 0. The van der Waals surface area contributed by atoms with Gasteiger partial charge in [-0.25, -0.2) is 9.18 Å². The average Bonchev–Trinajstić information content (AvgIpc) is 2.83. The summed E-state index contributed by atoms with van der Waals surface area (Å²) < 4.78 is 35.1. The van der Waals surface area contributed by atoms with Crippen molar-refractivity contribution in [1.29, 1.82) is 5.26 Å². The molecular formula is C26H22FNO5. The molecule has 0 atom stereocenters. The van der Waals surface area contributed by atoms with Gasteiger partial charge in [0.25, 0.3) is 0 Å². The Hall–Kier alpha value is -4.31. The standard InChI is InChI=1S/C26H22FNO5/c1-2-30-25-17-19(7-13-26(29)33-23-5-3-4-20(16-23)18-28)6-12-24(25)32-15-14-31-22-10-8-21(27)9-11-22/h3-13,16-17H,2,14-15H2,1H3. The van der Waals surface area contributed by atoms with Gasteiger partial charge in [0.15, 0.2) is 11.5 Å².